The van der Waals surface area contributed by atoms with Crippen molar-refractivity contribution in [1.82, 2.24) is 0 Å². The van der Waals surface area contributed by atoms with Gasteiger partial charge in [-0.2, -0.15) is 0 Å². The summed E-state index contributed by atoms with van der Waals surface area (Å²) in [4.78, 5) is 72.8. The number of phosphoric acid groups is 2. The molecule has 3 N–H and O–H groups in total. The molecule has 0 saturated carbocycles. The van der Waals surface area contributed by atoms with Gasteiger partial charge in [0.15, 0.2) is 12.2 Å². The van der Waals surface area contributed by atoms with Crippen molar-refractivity contribution in [2.75, 3.05) is 39.6 Å². The monoisotopic (exact) mass is 1450 g/mol. The van der Waals surface area contributed by atoms with E-state index in [2.05, 4.69) is 48.5 Å². The van der Waals surface area contributed by atoms with Gasteiger partial charge in [0.2, 0.25) is 0 Å². The number of hydrogen-bond acceptors (Lipinski definition) is 15. The van der Waals surface area contributed by atoms with Crippen LogP contribution in [-0.4, -0.2) is 96.7 Å². The zero-order valence-corrected chi connectivity index (χ0v) is 66.8. The molecular formula is C80H156O17P2. The highest BCUT2D eigenvalue weighted by molar-refractivity contribution is 7.47. The van der Waals surface area contributed by atoms with Crippen LogP contribution in [0.2, 0.25) is 0 Å². The highest BCUT2D eigenvalue weighted by Gasteiger charge is 2.30. The Kier molecular flexibility index (Phi) is 69.0. The molecular weight excluding hydrogens is 1290 g/mol. The van der Waals surface area contributed by atoms with Crippen LogP contribution < -0.4 is 0 Å². The molecule has 0 radical (unpaired) electrons. The second-order valence-electron chi connectivity index (χ2n) is 30.0. The fourth-order valence-corrected chi connectivity index (χ4v) is 13.9. The van der Waals surface area contributed by atoms with E-state index in [1.807, 2.05) is 0 Å². The van der Waals surface area contributed by atoms with Gasteiger partial charge in [0, 0.05) is 25.7 Å². The third kappa shape index (κ3) is 72.8. The van der Waals surface area contributed by atoms with E-state index in [9.17, 15) is 43.2 Å². The topological polar surface area (TPSA) is 237 Å². The lowest BCUT2D eigenvalue weighted by Crippen LogP contribution is -2.30. The summed E-state index contributed by atoms with van der Waals surface area (Å²) in [6.45, 7) is 11.8. The lowest BCUT2D eigenvalue weighted by atomic mass is 9.99. The summed E-state index contributed by atoms with van der Waals surface area (Å²) in [5.41, 5.74) is 0. The van der Waals surface area contributed by atoms with Crippen LogP contribution in [0.15, 0.2) is 0 Å². The quantitative estimate of drug-likeness (QED) is 0.0222. The third-order valence-corrected chi connectivity index (χ3v) is 20.9. The first-order valence-corrected chi connectivity index (χ1v) is 44.4. The Hall–Kier alpha value is -1.94. The van der Waals surface area contributed by atoms with E-state index >= 15 is 0 Å². The second kappa shape index (κ2) is 70.4. The van der Waals surface area contributed by atoms with Gasteiger partial charge in [0.05, 0.1) is 26.4 Å². The molecule has 0 rings (SSSR count). The van der Waals surface area contributed by atoms with Gasteiger partial charge in [-0.25, -0.2) is 9.13 Å². The average Bonchev–Trinajstić information content (AvgIpc) is 0.960. The highest BCUT2D eigenvalue weighted by Crippen LogP contribution is 2.45. The van der Waals surface area contributed by atoms with E-state index in [4.69, 9.17) is 37.0 Å². The fourth-order valence-electron chi connectivity index (χ4n) is 12.3. The summed E-state index contributed by atoms with van der Waals surface area (Å²) in [5.74, 6) is 0.128. The summed E-state index contributed by atoms with van der Waals surface area (Å²) in [7, 11) is -9.91. The van der Waals surface area contributed by atoms with Crippen molar-refractivity contribution in [2.45, 2.75) is 433 Å². The van der Waals surface area contributed by atoms with E-state index in [1.165, 1.54) is 218 Å². The van der Waals surface area contributed by atoms with Gasteiger partial charge in [-0.1, -0.05) is 363 Å². The summed E-state index contributed by atoms with van der Waals surface area (Å²) >= 11 is 0. The first-order valence-electron chi connectivity index (χ1n) is 41.4. The number of carbonyl (C=O) groups excluding carboxylic acids is 4. The molecule has 0 fully saturated rings. The van der Waals surface area contributed by atoms with E-state index in [0.717, 1.165) is 102 Å². The standard InChI is InChI=1S/C80H156O17P2/c1-8-10-11-12-13-14-15-16-17-18-22-25-28-31-34-39-47-54-61-77(82)90-67-75(96-79(84)63-56-49-40-35-32-29-26-23-20-19-21-24-27-30-33-38-46-53-60-73(7)9-2)69-94-98(86,87)92-65-74(81)66-93-99(88,89)95-70-76(68-91-78(83)62-55-48-43-42-45-52-59-72(5)6)97-80(85)64-57-50-41-36-37-44-51-58-71(3)4/h71-76,81H,8-70H2,1-7H3,(H,86,87)(H,88,89)/t73?,74-,75-,76-/m1/s1. The normalized spacial score (nSPS) is 14.3. The largest absolute Gasteiger partial charge is 0.472 e. The van der Waals surface area contributed by atoms with Crippen molar-refractivity contribution in [3.8, 4) is 0 Å². The fraction of sp³-hybridized carbons (Fsp3) is 0.950. The lowest BCUT2D eigenvalue weighted by molar-refractivity contribution is -0.161. The van der Waals surface area contributed by atoms with Crippen LogP contribution in [0.5, 0.6) is 0 Å². The molecule has 588 valence electrons. The van der Waals surface area contributed by atoms with Gasteiger partial charge in [0.25, 0.3) is 0 Å². The molecule has 0 bridgehead atoms. The molecule has 0 aromatic rings. The molecule has 0 saturated heterocycles. The third-order valence-electron chi connectivity index (χ3n) is 19.0. The van der Waals surface area contributed by atoms with Crippen LogP contribution in [0, 0.1) is 17.8 Å². The molecule has 99 heavy (non-hydrogen) atoms. The lowest BCUT2D eigenvalue weighted by Gasteiger charge is -2.21. The van der Waals surface area contributed by atoms with Crippen LogP contribution in [0.1, 0.15) is 414 Å². The Labute approximate surface area is 607 Å². The maximum Gasteiger partial charge on any atom is 0.472 e. The van der Waals surface area contributed by atoms with Crippen molar-refractivity contribution < 1.29 is 80.2 Å². The van der Waals surface area contributed by atoms with Gasteiger partial charge < -0.3 is 33.8 Å². The van der Waals surface area contributed by atoms with Gasteiger partial charge in [-0.15, -0.1) is 0 Å². The number of hydrogen-bond donors (Lipinski definition) is 3. The molecule has 0 spiro atoms. The summed E-state index contributed by atoms with van der Waals surface area (Å²) in [5, 5.41) is 10.6. The summed E-state index contributed by atoms with van der Waals surface area (Å²) < 4.78 is 68.6. The van der Waals surface area contributed by atoms with Crippen LogP contribution >= 0.6 is 15.6 Å². The predicted octanol–water partition coefficient (Wildman–Crippen LogP) is 23.7. The van der Waals surface area contributed by atoms with Gasteiger partial charge in [0.1, 0.15) is 19.3 Å². The Morgan fingerprint density at radius 2 is 0.515 bits per heavy atom. The molecule has 0 aliphatic heterocycles. The molecule has 0 aliphatic rings. The minimum absolute atomic E-state index is 0.102. The number of aliphatic hydroxyl groups excluding tert-OH is 1. The molecule has 0 aliphatic carbocycles. The molecule has 0 amide bonds. The van der Waals surface area contributed by atoms with Gasteiger partial charge in [-0.3, -0.25) is 37.3 Å². The van der Waals surface area contributed by atoms with Crippen LogP contribution in [0.4, 0.5) is 0 Å². The van der Waals surface area contributed by atoms with Crippen molar-refractivity contribution in [1.29, 1.82) is 0 Å². The first kappa shape index (κ1) is 97.1. The number of phosphoric ester groups is 2. The van der Waals surface area contributed by atoms with Crippen LogP contribution in [0.25, 0.3) is 0 Å². The maximum atomic E-state index is 13.1. The molecule has 0 aromatic heterocycles. The second-order valence-corrected chi connectivity index (χ2v) is 32.9. The maximum absolute atomic E-state index is 13.1. The zero-order valence-electron chi connectivity index (χ0n) is 65.0. The predicted molar refractivity (Wildman–Crippen MR) is 405 cm³/mol. The number of esters is 4. The smallest absolute Gasteiger partial charge is 0.462 e. The van der Waals surface area contributed by atoms with Crippen molar-refractivity contribution >= 4 is 39.5 Å². The summed E-state index contributed by atoms with van der Waals surface area (Å²) in [6.07, 6.45) is 58.7. The number of carbonyl (C=O) groups is 4. The van der Waals surface area contributed by atoms with Crippen LogP contribution in [0.3, 0.4) is 0 Å². The van der Waals surface area contributed by atoms with E-state index in [1.54, 1.807) is 0 Å². The van der Waals surface area contributed by atoms with Crippen molar-refractivity contribution in [3.63, 3.8) is 0 Å². The average molecular weight is 1450 g/mol. The Morgan fingerprint density at radius 1 is 0.293 bits per heavy atom. The van der Waals surface area contributed by atoms with Gasteiger partial charge in [-0.05, 0) is 43.4 Å². The van der Waals surface area contributed by atoms with E-state index in [0.29, 0.717) is 37.5 Å². The van der Waals surface area contributed by atoms with E-state index < -0.39 is 97.5 Å². The van der Waals surface area contributed by atoms with Gasteiger partial charge >= 0.3 is 39.5 Å². The SMILES string of the molecule is CCCCCCCCCCCCCCCCCCCCC(=O)OC[C@H](COP(=O)(O)OC[C@@H](O)COP(=O)(O)OC[C@@H](COC(=O)CCCCCCCCC(C)C)OC(=O)CCCCCCCCCC(C)C)OC(=O)CCCCCCCCCCCCCCCCCCCCC(C)CC. The minimum atomic E-state index is -4.96. The molecule has 17 nitrogen and oxygen atoms in total. The zero-order chi connectivity index (χ0) is 73.0. The Balaban J connectivity index is 5.18. The number of ether oxygens (including phenoxy) is 4. The van der Waals surface area contributed by atoms with Crippen LogP contribution in [-0.2, 0) is 65.4 Å². The number of rotatable bonds is 78. The molecule has 3 unspecified atom stereocenters. The van der Waals surface area contributed by atoms with Crippen molar-refractivity contribution in [2.24, 2.45) is 17.8 Å². The first-order chi connectivity index (χ1) is 47.8. The Morgan fingerprint density at radius 3 is 0.768 bits per heavy atom. The number of unbranched alkanes of at least 4 members (excludes halogenated alkanes) is 45. The minimum Gasteiger partial charge on any atom is -0.462 e. The molecule has 6 atom stereocenters. The molecule has 0 aromatic carbocycles. The highest BCUT2D eigenvalue weighted by atomic mass is 31.2. The number of aliphatic hydroxyl groups is 1. The molecule has 0 heterocycles. The van der Waals surface area contributed by atoms with E-state index in [-0.39, 0.29) is 25.7 Å². The molecule has 19 heteroatoms. The summed E-state index contributed by atoms with van der Waals surface area (Å²) in [6, 6.07) is 0. The Bertz CT molecular complexity index is 1920. The van der Waals surface area contributed by atoms with Crippen molar-refractivity contribution in [3.05, 3.63) is 0 Å².